The lowest BCUT2D eigenvalue weighted by Crippen LogP contribution is -2.51. The van der Waals surface area contributed by atoms with Crippen molar-refractivity contribution in [2.45, 2.75) is 58.2 Å². The second-order valence-corrected chi connectivity index (χ2v) is 16.0. The molecule has 0 saturated carbocycles. The average molecular weight is 457 g/mol. The zero-order chi connectivity index (χ0) is 21.7. The van der Waals surface area contributed by atoms with Crippen LogP contribution in [0.4, 0.5) is 0 Å². The van der Waals surface area contributed by atoms with Gasteiger partial charge in [-0.1, -0.05) is 41.5 Å². The molecule has 30 heavy (non-hydrogen) atoms. The summed E-state index contributed by atoms with van der Waals surface area (Å²) in [6, 6.07) is 4.24. The molecule has 0 spiro atoms. The van der Waals surface area contributed by atoms with Gasteiger partial charge < -0.3 is 9.22 Å². The van der Waals surface area contributed by atoms with Crippen molar-refractivity contribution >= 4 is 30.9 Å². The lowest BCUT2D eigenvalue weighted by atomic mass is 10.4. The van der Waals surface area contributed by atoms with Gasteiger partial charge >= 0.3 is 0 Å². The van der Waals surface area contributed by atoms with E-state index in [4.69, 9.17) is 0 Å². The Bertz CT molecular complexity index is 930. The molecule has 4 aromatic rings. The summed E-state index contributed by atoms with van der Waals surface area (Å²) in [6.45, 7) is 14.4. The van der Waals surface area contributed by atoms with Gasteiger partial charge in [-0.2, -0.15) is 0 Å². The van der Waals surface area contributed by atoms with Gasteiger partial charge in [-0.05, 0) is 35.0 Å². The van der Waals surface area contributed by atoms with Gasteiger partial charge in [-0.15, -0.1) is 22.7 Å². The van der Waals surface area contributed by atoms with Gasteiger partial charge in [0.15, 0.2) is 8.24 Å². The first-order valence-electron chi connectivity index (χ1n) is 10.5. The second-order valence-electron chi connectivity index (χ2n) is 8.43. The molecule has 0 radical (unpaired) electrons. The van der Waals surface area contributed by atoms with E-state index in [9.17, 15) is 0 Å². The van der Waals surface area contributed by atoms with Crippen LogP contribution in [-0.4, -0.2) is 27.4 Å². The fraction of sp³-hybridized carbons (Fsp3) is 0.391. The molecule has 4 aromatic heterocycles. The zero-order valence-electron chi connectivity index (χ0n) is 18.7. The molecule has 4 nitrogen and oxygen atoms in total. The summed E-state index contributed by atoms with van der Waals surface area (Å²) >= 11 is 3.37. The number of H-pyrrole nitrogens is 1. The number of aromatic amines is 1. The number of aromatic nitrogens is 4. The Labute approximate surface area is 189 Å². The normalized spacial score (nSPS) is 11.9. The van der Waals surface area contributed by atoms with Gasteiger partial charge in [0.2, 0.25) is 0 Å². The lowest BCUT2D eigenvalue weighted by Gasteiger charge is -2.44. The van der Waals surface area contributed by atoms with Crippen LogP contribution in [0.1, 0.15) is 41.5 Å². The summed E-state index contributed by atoms with van der Waals surface area (Å²) in [4.78, 5) is 11.6. The third-order valence-electron chi connectivity index (χ3n) is 5.87. The summed E-state index contributed by atoms with van der Waals surface area (Å²) in [7, 11) is -1.60. The van der Waals surface area contributed by atoms with Gasteiger partial charge in [0.25, 0.3) is 0 Å². The largest absolute Gasteiger partial charge is 0.379 e. The first-order valence-corrected chi connectivity index (χ1v) is 14.4. The Balaban J connectivity index is 0.000000212. The Morgan fingerprint density at radius 2 is 1.40 bits per heavy atom. The molecule has 0 aliphatic carbocycles. The van der Waals surface area contributed by atoms with E-state index in [2.05, 4.69) is 79.2 Å². The van der Waals surface area contributed by atoms with Crippen molar-refractivity contribution in [1.29, 1.82) is 0 Å². The number of thiazole rings is 2. The molecule has 0 fully saturated rings. The summed E-state index contributed by atoms with van der Waals surface area (Å²) in [5.74, 6) is 0. The second kappa shape index (κ2) is 9.90. The Morgan fingerprint density at radius 3 is 1.83 bits per heavy atom. The Kier molecular flexibility index (Phi) is 7.49. The van der Waals surface area contributed by atoms with E-state index < -0.39 is 8.24 Å². The van der Waals surface area contributed by atoms with Crippen LogP contribution in [0.2, 0.25) is 16.6 Å². The zero-order valence-corrected chi connectivity index (χ0v) is 21.3. The van der Waals surface area contributed by atoms with Crippen LogP contribution in [0, 0.1) is 0 Å². The predicted octanol–water partition coefficient (Wildman–Crippen LogP) is 7.77. The summed E-state index contributed by atoms with van der Waals surface area (Å²) in [5.41, 5.74) is 4.59. The molecule has 0 aromatic carbocycles. The highest BCUT2D eigenvalue weighted by atomic mass is 32.1. The third-order valence-corrected chi connectivity index (χ3v) is 14.2. The van der Waals surface area contributed by atoms with Crippen molar-refractivity contribution < 1.29 is 0 Å². The molecule has 4 rings (SSSR count). The SMILES string of the molecule is CC(C)[Si](C(C)C)(C(C)C)n1ccc(-c2nccs2)c1.c1csc(-c2cc[nH]c2)n1. The van der Waals surface area contributed by atoms with Crippen LogP contribution in [0.25, 0.3) is 21.1 Å². The minimum Gasteiger partial charge on any atom is -0.379 e. The van der Waals surface area contributed by atoms with E-state index in [-0.39, 0.29) is 0 Å². The molecule has 0 saturated heterocycles. The van der Waals surface area contributed by atoms with E-state index in [0.717, 1.165) is 32.2 Å². The van der Waals surface area contributed by atoms with E-state index in [1.54, 1.807) is 22.7 Å². The van der Waals surface area contributed by atoms with Gasteiger partial charge in [0.05, 0.1) is 0 Å². The number of hydrogen-bond acceptors (Lipinski definition) is 4. The highest BCUT2D eigenvalue weighted by molar-refractivity contribution is 7.13. The lowest BCUT2D eigenvalue weighted by molar-refractivity contribution is 0.766. The average Bonchev–Trinajstić information content (AvgIpc) is 3.50. The van der Waals surface area contributed by atoms with E-state index >= 15 is 0 Å². The molecule has 160 valence electrons. The monoisotopic (exact) mass is 456 g/mol. The number of nitrogens with one attached hydrogen (secondary N) is 1. The minimum atomic E-state index is -1.60. The molecule has 0 aliphatic rings. The van der Waals surface area contributed by atoms with E-state index in [1.807, 2.05) is 41.6 Å². The van der Waals surface area contributed by atoms with Gasteiger partial charge in [0, 0.05) is 52.9 Å². The van der Waals surface area contributed by atoms with Gasteiger partial charge in [-0.25, -0.2) is 9.97 Å². The number of rotatable bonds is 6. The molecule has 1 N–H and O–H groups in total. The van der Waals surface area contributed by atoms with E-state index in [1.165, 1.54) is 5.56 Å². The molecule has 0 bridgehead atoms. The summed E-state index contributed by atoms with van der Waals surface area (Å²) in [5, 5.41) is 6.22. The molecule has 0 unspecified atom stereocenters. The maximum atomic E-state index is 4.44. The summed E-state index contributed by atoms with van der Waals surface area (Å²) < 4.78 is 2.57. The molecule has 7 heteroatoms. The van der Waals surface area contributed by atoms with Crippen molar-refractivity contribution in [3.05, 3.63) is 60.1 Å². The molecule has 0 aliphatic heterocycles. The Morgan fingerprint density at radius 1 is 0.833 bits per heavy atom. The molecule has 4 heterocycles. The standard InChI is InChI=1S/C16H26N2SSi.C7H6N2S/c1-12(2)20(13(3)4,14(5)6)18-9-7-15(11-18)16-17-8-10-19-16;1-2-8-5-6(1)7-9-3-4-10-7/h7-14H,1-6H3;1-5,8H. The topological polar surface area (TPSA) is 46.5 Å². The molecular weight excluding hydrogens is 425 g/mol. The Hall–Kier alpha value is -1.96. The maximum Gasteiger partial charge on any atom is 0.168 e. The number of nitrogens with zero attached hydrogens (tertiary/aromatic N) is 3. The van der Waals surface area contributed by atoms with Crippen LogP contribution in [0.5, 0.6) is 0 Å². The van der Waals surface area contributed by atoms with E-state index in [0.29, 0.717) is 0 Å². The fourth-order valence-corrected chi connectivity index (χ4v) is 12.6. The third kappa shape index (κ3) is 4.53. The van der Waals surface area contributed by atoms with Crippen molar-refractivity contribution in [2.24, 2.45) is 0 Å². The molecular formula is C23H32N4S2Si. The number of hydrogen-bond donors (Lipinski definition) is 1. The van der Waals surface area contributed by atoms with Crippen LogP contribution in [0.3, 0.4) is 0 Å². The fourth-order valence-electron chi connectivity index (χ4n) is 4.85. The molecule has 0 atom stereocenters. The highest BCUT2D eigenvalue weighted by Gasteiger charge is 2.44. The van der Waals surface area contributed by atoms with Crippen LogP contribution < -0.4 is 0 Å². The van der Waals surface area contributed by atoms with Gasteiger partial charge in [0.1, 0.15) is 10.0 Å². The van der Waals surface area contributed by atoms with Crippen LogP contribution >= 0.6 is 22.7 Å². The first-order chi connectivity index (χ1) is 14.4. The first kappa shape index (κ1) is 22.7. The van der Waals surface area contributed by atoms with Crippen LogP contribution in [-0.2, 0) is 0 Å². The van der Waals surface area contributed by atoms with Gasteiger partial charge in [-0.3, -0.25) is 0 Å². The molecule has 0 amide bonds. The minimum absolute atomic E-state index is 0.721. The van der Waals surface area contributed by atoms with Crippen molar-refractivity contribution in [3.8, 4) is 21.1 Å². The summed E-state index contributed by atoms with van der Waals surface area (Å²) in [6.07, 6.45) is 12.2. The van der Waals surface area contributed by atoms with Crippen molar-refractivity contribution in [2.75, 3.05) is 0 Å². The predicted molar refractivity (Wildman–Crippen MR) is 134 cm³/mol. The van der Waals surface area contributed by atoms with Crippen molar-refractivity contribution in [1.82, 2.24) is 19.2 Å². The highest BCUT2D eigenvalue weighted by Crippen LogP contribution is 2.43. The maximum absolute atomic E-state index is 4.44. The van der Waals surface area contributed by atoms with Crippen LogP contribution in [0.15, 0.2) is 60.1 Å². The van der Waals surface area contributed by atoms with Crippen molar-refractivity contribution in [3.63, 3.8) is 0 Å². The quantitative estimate of drug-likeness (QED) is 0.301. The smallest absolute Gasteiger partial charge is 0.168 e.